The molecule has 4 aromatic carbocycles. The van der Waals surface area contributed by atoms with Crippen molar-refractivity contribution < 1.29 is 38.0 Å². The number of carbonyl (C=O) groups excluding carboxylic acids is 2. The average Bonchev–Trinajstić information content (AvgIpc) is 3.05. The van der Waals surface area contributed by atoms with E-state index in [9.17, 15) is 9.59 Å². The van der Waals surface area contributed by atoms with Crippen molar-refractivity contribution in [3.63, 3.8) is 0 Å². The number of benzene rings is 4. The fourth-order valence-corrected chi connectivity index (χ4v) is 4.69. The van der Waals surface area contributed by atoms with Crippen LogP contribution in [0.4, 0.5) is 11.4 Å². The summed E-state index contributed by atoms with van der Waals surface area (Å²) >= 11 is 0. The fourth-order valence-electron chi connectivity index (χ4n) is 4.69. The number of rotatable bonds is 10. The van der Waals surface area contributed by atoms with E-state index in [0.29, 0.717) is 56.6 Å². The van der Waals surface area contributed by atoms with Gasteiger partial charge in [0.15, 0.2) is 23.0 Å². The van der Waals surface area contributed by atoms with Crippen LogP contribution >= 0.6 is 0 Å². The zero-order chi connectivity index (χ0) is 31.4. The summed E-state index contributed by atoms with van der Waals surface area (Å²) in [6.45, 7) is 0. The summed E-state index contributed by atoms with van der Waals surface area (Å²) in [7, 11) is 8.79. The zero-order valence-electron chi connectivity index (χ0n) is 24.9. The second-order valence-corrected chi connectivity index (χ2v) is 9.34. The lowest BCUT2D eigenvalue weighted by atomic mass is 10.1. The Morgan fingerprint density at radius 3 is 1.14 bits per heavy atom. The third-order valence-electron chi connectivity index (χ3n) is 6.83. The van der Waals surface area contributed by atoms with Crippen molar-refractivity contribution in [3.05, 3.63) is 71.8 Å². The number of nitrogens with one attached hydrogen (secondary N) is 2. The minimum Gasteiger partial charge on any atom is -0.493 e. The van der Waals surface area contributed by atoms with Crippen LogP contribution in [0.3, 0.4) is 0 Å². The Bertz CT molecular complexity index is 1710. The first-order chi connectivity index (χ1) is 21.3. The molecule has 12 nitrogen and oxygen atoms in total. The number of methoxy groups -OCH3 is 6. The third kappa shape index (κ3) is 5.64. The molecule has 0 aliphatic carbocycles. The number of hydrogen-bond acceptors (Lipinski definition) is 10. The SMILES string of the molecule is COc1cc(C(=O)Nc2cc3nc4ccccc4nc3cc2NC(=O)c2cc(OC)c(OC)c(OC)c2)cc(OC)c1OC. The number of aromatic nitrogens is 2. The number of anilines is 2. The van der Waals surface area contributed by atoms with Crippen LogP contribution in [0.5, 0.6) is 34.5 Å². The molecule has 1 heterocycles. The Kier molecular flexibility index (Phi) is 8.51. The van der Waals surface area contributed by atoms with Gasteiger partial charge >= 0.3 is 0 Å². The van der Waals surface area contributed by atoms with Crippen LogP contribution in [-0.2, 0) is 0 Å². The first-order valence-corrected chi connectivity index (χ1v) is 13.3. The summed E-state index contributed by atoms with van der Waals surface area (Å²) in [6.07, 6.45) is 0. The summed E-state index contributed by atoms with van der Waals surface area (Å²) in [5.74, 6) is 0.928. The predicted octanol–water partition coefficient (Wildman–Crippen LogP) is 5.34. The standard InChI is InChI=1S/C32H30N4O8/c1-39-25-11-17(12-26(40-2)29(25)43-5)31(37)35-23-15-21-22(34-20-10-8-7-9-19(20)33-21)16-24(23)36-32(38)18-13-27(41-3)30(44-6)28(14-18)42-4/h7-16H,1-6H3,(H,35,37)(H,36,38). The maximum absolute atomic E-state index is 13.6. The van der Waals surface area contributed by atoms with Crippen molar-refractivity contribution >= 4 is 45.3 Å². The molecule has 0 aliphatic rings. The lowest BCUT2D eigenvalue weighted by Gasteiger charge is -2.17. The Hall–Kier alpha value is -5.78. The molecule has 44 heavy (non-hydrogen) atoms. The maximum atomic E-state index is 13.6. The van der Waals surface area contributed by atoms with Gasteiger partial charge in [-0.15, -0.1) is 0 Å². The molecule has 0 aliphatic heterocycles. The molecular weight excluding hydrogens is 568 g/mol. The summed E-state index contributed by atoms with van der Waals surface area (Å²) < 4.78 is 32.4. The van der Waals surface area contributed by atoms with Crippen LogP contribution in [0, 0.1) is 0 Å². The Balaban J connectivity index is 1.59. The highest BCUT2D eigenvalue weighted by Crippen LogP contribution is 2.40. The van der Waals surface area contributed by atoms with E-state index >= 15 is 0 Å². The molecule has 0 saturated heterocycles. The first kappa shape index (κ1) is 29.7. The van der Waals surface area contributed by atoms with Crippen molar-refractivity contribution in [1.82, 2.24) is 9.97 Å². The van der Waals surface area contributed by atoms with Crippen molar-refractivity contribution in [3.8, 4) is 34.5 Å². The van der Waals surface area contributed by atoms with E-state index in [0.717, 1.165) is 0 Å². The van der Waals surface area contributed by atoms with E-state index in [1.807, 2.05) is 24.3 Å². The van der Waals surface area contributed by atoms with Gasteiger partial charge in [-0.2, -0.15) is 0 Å². The highest BCUT2D eigenvalue weighted by Gasteiger charge is 2.21. The molecule has 2 amide bonds. The molecule has 5 aromatic rings. The second-order valence-electron chi connectivity index (χ2n) is 9.34. The van der Waals surface area contributed by atoms with E-state index in [2.05, 4.69) is 10.6 Å². The van der Waals surface area contributed by atoms with Gasteiger partial charge in [0.1, 0.15) is 0 Å². The number of para-hydroxylation sites is 2. The molecule has 0 unspecified atom stereocenters. The minimum atomic E-state index is -0.499. The zero-order valence-corrected chi connectivity index (χ0v) is 24.9. The summed E-state index contributed by atoms with van der Waals surface area (Å²) in [5, 5.41) is 5.77. The van der Waals surface area contributed by atoms with Gasteiger partial charge in [0.05, 0.1) is 76.1 Å². The number of carbonyl (C=O) groups is 2. The number of nitrogens with zero attached hydrogens (tertiary/aromatic N) is 2. The molecule has 226 valence electrons. The summed E-state index contributed by atoms with van der Waals surface area (Å²) in [4.78, 5) is 36.6. The number of ether oxygens (including phenoxy) is 6. The van der Waals surface area contributed by atoms with Crippen molar-refractivity contribution in [2.75, 3.05) is 53.3 Å². The van der Waals surface area contributed by atoms with Gasteiger partial charge in [-0.3, -0.25) is 9.59 Å². The van der Waals surface area contributed by atoms with Gasteiger partial charge in [-0.05, 0) is 48.5 Å². The topological polar surface area (TPSA) is 139 Å². The lowest BCUT2D eigenvalue weighted by molar-refractivity contribution is 0.101. The number of amides is 2. The maximum Gasteiger partial charge on any atom is 0.255 e. The van der Waals surface area contributed by atoms with E-state index < -0.39 is 11.8 Å². The molecule has 5 rings (SSSR count). The molecule has 0 radical (unpaired) electrons. The van der Waals surface area contributed by atoms with Gasteiger partial charge < -0.3 is 39.1 Å². The summed E-state index contributed by atoms with van der Waals surface area (Å²) in [5.41, 5.74) is 3.39. The third-order valence-corrected chi connectivity index (χ3v) is 6.83. The monoisotopic (exact) mass is 598 g/mol. The molecule has 1 aromatic heterocycles. The van der Waals surface area contributed by atoms with Crippen LogP contribution in [-0.4, -0.2) is 64.4 Å². The Morgan fingerprint density at radius 1 is 0.500 bits per heavy atom. The van der Waals surface area contributed by atoms with E-state index in [1.54, 1.807) is 12.1 Å². The van der Waals surface area contributed by atoms with Gasteiger partial charge in [-0.1, -0.05) is 12.1 Å². The normalized spacial score (nSPS) is 10.7. The Labute approximate surface area is 252 Å². The second kappa shape index (κ2) is 12.6. The number of hydrogen-bond donors (Lipinski definition) is 2. The highest BCUT2D eigenvalue weighted by molar-refractivity contribution is 6.12. The van der Waals surface area contributed by atoms with Crippen molar-refractivity contribution in [2.24, 2.45) is 0 Å². The summed E-state index contributed by atoms with van der Waals surface area (Å²) in [6, 6.07) is 16.8. The fraction of sp³-hybridized carbons (Fsp3) is 0.188. The van der Waals surface area contributed by atoms with Gasteiger partial charge in [0, 0.05) is 11.1 Å². The van der Waals surface area contributed by atoms with Crippen molar-refractivity contribution in [1.29, 1.82) is 0 Å². The number of fused-ring (bicyclic) bond motifs is 2. The molecule has 0 saturated carbocycles. The molecule has 2 N–H and O–H groups in total. The smallest absolute Gasteiger partial charge is 0.255 e. The molecule has 0 bridgehead atoms. The van der Waals surface area contributed by atoms with E-state index in [1.165, 1.54) is 66.9 Å². The molecular formula is C32H30N4O8. The van der Waals surface area contributed by atoms with E-state index in [-0.39, 0.29) is 22.5 Å². The molecule has 12 heteroatoms. The predicted molar refractivity (Wildman–Crippen MR) is 165 cm³/mol. The van der Waals surface area contributed by atoms with Gasteiger partial charge in [0.25, 0.3) is 11.8 Å². The van der Waals surface area contributed by atoms with Crippen LogP contribution in [0.25, 0.3) is 22.1 Å². The average molecular weight is 599 g/mol. The Morgan fingerprint density at radius 2 is 0.841 bits per heavy atom. The first-order valence-electron chi connectivity index (χ1n) is 13.3. The van der Waals surface area contributed by atoms with Crippen LogP contribution < -0.4 is 39.1 Å². The van der Waals surface area contributed by atoms with Crippen molar-refractivity contribution in [2.45, 2.75) is 0 Å². The molecule has 0 spiro atoms. The minimum absolute atomic E-state index is 0.228. The lowest BCUT2D eigenvalue weighted by Crippen LogP contribution is -2.17. The van der Waals surface area contributed by atoms with E-state index in [4.69, 9.17) is 38.4 Å². The molecule has 0 atom stereocenters. The quantitative estimate of drug-likeness (QED) is 0.203. The molecule has 0 fully saturated rings. The van der Waals surface area contributed by atoms with Gasteiger partial charge in [-0.25, -0.2) is 9.97 Å². The van der Waals surface area contributed by atoms with Crippen LogP contribution in [0.2, 0.25) is 0 Å². The van der Waals surface area contributed by atoms with Crippen LogP contribution in [0.15, 0.2) is 60.7 Å². The van der Waals surface area contributed by atoms with Gasteiger partial charge in [0.2, 0.25) is 11.5 Å². The van der Waals surface area contributed by atoms with Crippen LogP contribution in [0.1, 0.15) is 20.7 Å². The largest absolute Gasteiger partial charge is 0.493 e. The highest BCUT2D eigenvalue weighted by atomic mass is 16.5.